The second-order valence-corrected chi connectivity index (χ2v) is 8.86. The number of fused-ring (bicyclic) bond motifs is 1. The molecule has 4 rings (SSSR count). The highest BCUT2D eigenvalue weighted by atomic mass is 35.5. The van der Waals surface area contributed by atoms with E-state index in [9.17, 15) is 14.0 Å². The van der Waals surface area contributed by atoms with Crippen LogP contribution in [0.15, 0.2) is 48.5 Å². The fourth-order valence-corrected chi connectivity index (χ4v) is 4.98. The van der Waals surface area contributed by atoms with Crippen molar-refractivity contribution in [2.24, 2.45) is 0 Å². The van der Waals surface area contributed by atoms with E-state index in [0.29, 0.717) is 17.8 Å². The van der Waals surface area contributed by atoms with Gasteiger partial charge in [-0.15, -0.1) is 24.8 Å². The molecular formula is C24H28Cl2FN3O2S. The molecule has 2 aromatic carbocycles. The molecule has 0 bridgehead atoms. The number of benzene rings is 2. The molecule has 1 fully saturated rings. The van der Waals surface area contributed by atoms with Gasteiger partial charge in [-0.2, -0.15) is 4.37 Å². The standard InChI is InChI=1S/C24H26FN3O2S.2ClH/c1-27(24(30)22-20-9-2-3-10-21(20)31-26-22)15-6-8-19-7-4-5-16-28(19)23(29)17-11-13-18(25)14-12-17;;/h2-3,9-14,19H,4-8,15-16H2,1H3;2*1H. The Bertz CT molecular complexity index is 1080. The second kappa shape index (κ2) is 12.3. The summed E-state index contributed by atoms with van der Waals surface area (Å²) in [6, 6.07) is 13.7. The number of carbonyl (C=O) groups is 2. The maximum Gasteiger partial charge on any atom is 0.273 e. The van der Waals surface area contributed by atoms with Crippen LogP contribution in [0.2, 0.25) is 0 Å². The molecule has 2 heterocycles. The molecule has 0 radical (unpaired) electrons. The van der Waals surface area contributed by atoms with Crippen LogP contribution in [0, 0.1) is 5.82 Å². The highest BCUT2D eigenvalue weighted by Gasteiger charge is 2.27. The molecular weight excluding hydrogens is 484 g/mol. The van der Waals surface area contributed by atoms with Crippen LogP contribution in [0.25, 0.3) is 10.1 Å². The van der Waals surface area contributed by atoms with Gasteiger partial charge >= 0.3 is 0 Å². The zero-order valence-electron chi connectivity index (χ0n) is 18.4. The Morgan fingerprint density at radius 2 is 1.85 bits per heavy atom. The molecule has 33 heavy (non-hydrogen) atoms. The molecule has 3 aromatic rings. The van der Waals surface area contributed by atoms with Gasteiger partial charge in [-0.25, -0.2) is 4.39 Å². The lowest BCUT2D eigenvalue weighted by Crippen LogP contribution is -2.44. The van der Waals surface area contributed by atoms with Gasteiger partial charge in [-0.1, -0.05) is 18.2 Å². The van der Waals surface area contributed by atoms with E-state index in [1.807, 2.05) is 29.2 Å². The summed E-state index contributed by atoms with van der Waals surface area (Å²) in [5, 5.41) is 0.896. The van der Waals surface area contributed by atoms with Crippen molar-refractivity contribution in [3.63, 3.8) is 0 Å². The number of rotatable bonds is 6. The molecule has 1 aliphatic heterocycles. The Morgan fingerprint density at radius 1 is 1.12 bits per heavy atom. The van der Waals surface area contributed by atoms with E-state index < -0.39 is 0 Å². The normalized spacial score (nSPS) is 15.5. The Hall–Kier alpha value is -2.22. The summed E-state index contributed by atoms with van der Waals surface area (Å²) >= 11 is 1.34. The number of aromatic nitrogens is 1. The average Bonchev–Trinajstić information content (AvgIpc) is 3.23. The zero-order valence-corrected chi connectivity index (χ0v) is 20.9. The summed E-state index contributed by atoms with van der Waals surface area (Å²) in [4.78, 5) is 29.4. The largest absolute Gasteiger partial charge is 0.340 e. The van der Waals surface area contributed by atoms with E-state index in [4.69, 9.17) is 0 Å². The Morgan fingerprint density at radius 3 is 2.61 bits per heavy atom. The highest BCUT2D eigenvalue weighted by Crippen LogP contribution is 2.25. The van der Waals surface area contributed by atoms with Crippen LogP contribution in [0.5, 0.6) is 0 Å². The minimum atomic E-state index is -0.340. The average molecular weight is 512 g/mol. The third-order valence-electron chi connectivity index (χ3n) is 5.94. The quantitative estimate of drug-likeness (QED) is 0.418. The van der Waals surface area contributed by atoms with Gasteiger partial charge in [-0.3, -0.25) is 9.59 Å². The first-order chi connectivity index (χ1) is 15.0. The number of carbonyl (C=O) groups excluding carboxylic acids is 2. The van der Waals surface area contributed by atoms with Crippen LogP contribution in [0.1, 0.15) is 53.0 Å². The zero-order chi connectivity index (χ0) is 21.8. The van der Waals surface area contributed by atoms with Crippen molar-refractivity contribution in [3.8, 4) is 0 Å². The minimum Gasteiger partial charge on any atom is -0.340 e. The Labute approximate surface area is 209 Å². The van der Waals surface area contributed by atoms with Crippen LogP contribution < -0.4 is 0 Å². The third-order valence-corrected chi connectivity index (χ3v) is 6.76. The molecule has 0 N–H and O–H groups in total. The topological polar surface area (TPSA) is 53.5 Å². The van der Waals surface area contributed by atoms with E-state index in [1.165, 1.54) is 23.7 Å². The summed E-state index contributed by atoms with van der Waals surface area (Å²) in [6.07, 6.45) is 4.68. The minimum absolute atomic E-state index is 0. The maximum absolute atomic E-state index is 13.2. The number of hydrogen-bond donors (Lipinski definition) is 0. The van der Waals surface area contributed by atoms with Gasteiger partial charge in [0.25, 0.3) is 11.8 Å². The Kier molecular flexibility index (Phi) is 10.1. The Balaban J connectivity index is 0.00000193. The molecule has 178 valence electrons. The molecule has 0 saturated carbocycles. The summed E-state index contributed by atoms with van der Waals surface area (Å²) < 4.78 is 18.6. The molecule has 9 heteroatoms. The van der Waals surface area contributed by atoms with Gasteiger partial charge in [0.15, 0.2) is 0 Å². The van der Waals surface area contributed by atoms with Crippen LogP contribution in [0.4, 0.5) is 4.39 Å². The smallest absolute Gasteiger partial charge is 0.273 e. The number of piperidine rings is 1. The van der Waals surface area contributed by atoms with E-state index in [-0.39, 0.29) is 48.5 Å². The lowest BCUT2D eigenvalue weighted by Gasteiger charge is -2.36. The van der Waals surface area contributed by atoms with Crippen LogP contribution >= 0.6 is 36.3 Å². The fourth-order valence-electron chi connectivity index (χ4n) is 4.21. The van der Waals surface area contributed by atoms with Crippen molar-refractivity contribution in [1.29, 1.82) is 0 Å². The number of halogens is 3. The third kappa shape index (κ3) is 6.22. The van der Waals surface area contributed by atoms with Gasteiger partial charge in [0.1, 0.15) is 11.5 Å². The van der Waals surface area contributed by atoms with Crippen molar-refractivity contribution < 1.29 is 14.0 Å². The highest BCUT2D eigenvalue weighted by molar-refractivity contribution is 7.13. The van der Waals surface area contributed by atoms with Gasteiger partial charge in [0, 0.05) is 37.1 Å². The SMILES string of the molecule is CN(CCCC1CCCCN1C(=O)c1ccc(F)cc1)C(=O)c1nsc2ccccc12.Cl.Cl. The molecule has 1 atom stereocenters. The lowest BCUT2D eigenvalue weighted by atomic mass is 9.96. The van der Waals surface area contributed by atoms with Gasteiger partial charge in [0.2, 0.25) is 0 Å². The first-order valence-corrected chi connectivity index (χ1v) is 11.5. The van der Waals surface area contributed by atoms with Crippen molar-refractivity contribution in [1.82, 2.24) is 14.2 Å². The van der Waals surface area contributed by atoms with Crippen molar-refractivity contribution >= 4 is 58.2 Å². The van der Waals surface area contributed by atoms with E-state index in [0.717, 1.165) is 48.7 Å². The number of amides is 2. The fraction of sp³-hybridized carbons (Fsp3) is 0.375. The monoisotopic (exact) mass is 511 g/mol. The molecule has 2 amide bonds. The molecule has 5 nitrogen and oxygen atoms in total. The summed E-state index contributed by atoms with van der Waals surface area (Å²) in [6.45, 7) is 1.33. The van der Waals surface area contributed by atoms with Crippen LogP contribution in [0.3, 0.4) is 0 Å². The summed E-state index contributed by atoms with van der Waals surface area (Å²) in [5.41, 5.74) is 1.03. The van der Waals surface area contributed by atoms with Crippen molar-refractivity contribution in [2.45, 2.75) is 38.1 Å². The summed E-state index contributed by atoms with van der Waals surface area (Å²) in [5.74, 6) is -0.448. The summed E-state index contributed by atoms with van der Waals surface area (Å²) in [7, 11) is 1.80. The molecule has 1 saturated heterocycles. The van der Waals surface area contributed by atoms with Crippen molar-refractivity contribution in [2.75, 3.05) is 20.1 Å². The van der Waals surface area contributed by atoms with Gasteiger partial charge < -0.3 is 9.80 Å². The maximum atomic E-state index is 13.2. The molecule has 0 aliphatic carbocycles. The lowest BCUT2D eigenvalue weighted by molar-refractivity contribution is 0.0588. The first-order valence-electron chi connectivity index (χ1n) is 10.7. The van der Waals surface area contributed by atoms with Crippen LogP contribution in [-0.2, 0) is 0 Å². The molecule has 1 unspecified atom stereocenters. The second-order valence-electron chi connectivity index (χ2n) is 8.05. The molecule has 1 aromatic heterocycles. The van der Waals surface area contributed by atoms with Crippen LogP contribution in [-0.4, -0.2) is 52.2 Å². The van der Waals surface area contributed by atoms with Gasteiger partial charge in [-0.05, 0) is 74.0 Å². The predicted octanol–water partition coefficient (Wildman–Crippen LogP) is 5.83. The number of hydrogen-bond acceptors (Lipinski definition) is 4. The first kappa shape index (κ1) is 27.0. The number of likely N-dealkylation sites (tertiary alicyclic amines) is 1. The van der Waals surface area contributed by atoms with Crippen molar-refractivity contribution in [3.05, 3.63) is 65.6 Å². The van der Waals surface area contributed by atoms with E-state index >= 15 is 0 Å². The van der Waals surface area contributed by atoms with Gasteiger partial charge in [0.05, 0.1) is 4.70 Å². The van der Waals surface area contributed by atoms with E-state index in [1.54, 1.807) is 24.1 Å². The molecule has 0 spiro atoms. The molecule has 1 aliphatic rings. The predicted molar refractivity (Wildman–Crippen MR) is 135 cm³/mol. The van der Waals surface area contributed by atoms with E-state index in [2.05, 4.69) is 4.37 Å². The number of nitrogens with zero attached hydrogens (tertiary/aromatic N) is 3.